The van der Waals surface area contributed by atoms with Gasteiger partial charge in [0.2, 0.25) is 21.8 Å². The molecule has 0 unspecified atom stereocenters. The summed E-state index contributed by atoms with van der Waals surface area (Å²) in [5, 5.41) is 2.76. The molecule has 1 aliphatic rings. The molecule has 0 saturated carbocycles. The minimum absolute atomic E-state index is 0.106. The summed E-state index contributed by atoms with van der Waals surface area (Å²) in [6, 6.07) is 13.0. The van der Waals surface area contributed by atoms with Crippen LogP contribution in [0.15, 0.2) is 53.4 Å². The molecule has 2 aromatic rings. The van der Waals surface area contributed by atoms with Crippen molar-refractivity contribution in [3.63, 3.8) is 0 Å². The zero-order valence-electron chi connectivity index (χ0n) is 18.0. The van der Waals surface area contributed by atoms with Crippen LogP contribution in [0, 0.1) is 5.92 Å². The van der Waals surface area contributed by atoms with E-state index in [-0.39, 0.29) is 36.2 Å². The Morgan fingerprint density at radius 2 is 1.78 bits per heavy atom. The smallest absolute Gasteiger partial charge is 0.240 e. The number of amides is 2. The number of hydrogen-bond acceptors (Lipinski definition) is 6. The Morgan fingerprint density at radius 1 is 1.09 bits per heavy atom. The molecule has 2 N–H and O–H groups in total. The number of methoxy groups -OCH3 is 2. The van der Waals surface area contributed by atoms with Crippen LogP contribution in [0.1, 0.15) is 12.8 Å². The van der Waals surface area contributed by atoms with E-state index in [0.717, 1.165) is 0 Å². The molecular formula is C22H27N3O6S. The molecular weight excluding hydrogens is 434 g/mol. The van der Waals surface area contributed by atoms with E-state index in [2.05, 4.69) is 10.0 Å². The number of hydrogen-bond donors (Lipinski definition) is 2. The lowest BCUT2D eigenvalue weighted by Gasteiger charge is -2.17. The van der Waals surface area contributed by atoms with E-state index >= 15 is 0 Å². The summed E-state index contributed by atoms with van der Waals surface area (Å²) in [6.45, 7) is 1.01. The summed E-state index contributed by atoms with van der Waals surface area (Å²) in [5.74, 6) is -0.236. The predicted octanol–water partition coefficient (Wildman–Crippen LogP) is 2.00. The molecule has 32 heavy (non-hydrogen) atoms. The van der Waals surface area contributed by atoms with Gasteiger partial charge < -0.3 is 19.7 Å². The molecule has 10 heteroatoms. The first-order valence-electron chi connectivity index (χ1n) is 10.2. The number of ether oxygens (including phenoxy) is 2. The average molecular weight is 462 g/mol. The quantitative estimate of drug-likeness (QED) is 0.523. The van der Waals surface area contributed by atoms with Crippen LogP contribution in [-0.2, 0) is 24.3 Å². The van der Waals surface area contributed by atoms with Crippen molar-refractivity contribution in [2.24, 2.45) is 5.92 Å². The highest BCUT2D eigenvalue weighted by Gasteiger charge is 2.35. The van der Waals surface area contributed by atoms with E-state index < -0.39 is 15.9 Å². The van der Waals surface area contributed by atoms with Crippen LogP contribution in [0.5, 0.6) is 5.75 Å². The second-order valence-electron chi connectivity index (χ2n) is 7.36. The third-order valence-corrected chi connectivity index (χ3v) is 6.61. The predicted molar refractivity (Wildman–Crippen MR) is 120 cm³/mol. The topological polar surface area (TPSA) is 114 Å². The minimum atomic E-state index is -3.63. The molecule has 0 bridgehead atoms. The fourth-order valence-corrected chi connectivity index (χ4v) is 4.44. The molecule has 0 radical (unpaired) electrons. The van der Waals surface area contributed by atoms with Crippen molar-refractivity contribution in [2.75, 3.05) is 44.1 Å². The molecule has 1 aliphatic heterocycles. The van der Waals surface area contributed by atoms with Crippen molar-refractivity contribution in [1.82, 2.24) is 4.72 Å². The Morgan fingerprint density at radius 3 is 2.41 bits per heavy atom. The third kappa shape index (κ3) is 5.84. The largest absolute Gasteiger partial charge is 0.497 e. The molecule has 9 nitrogen and oxygen atoms in total. The van der Waals surface area contributed by atoms with Crippen molar-refractivity contribution in [3.05, 3.63) is 48.5 Å². The van der Waals surface area contributed by atoms with Crippen molar-refractivity contribution in [2.45, 2.75) is 17.7 Å². The van der Waals surface area contributed by atoms with Crippen LogP contribution >= 0.6 is 0 Å². The first kappa shape index (κ1) is 23.7. The summed E-state index contributed by atoms with van der Waals surface area (Å²) >= 11 is 0. The van der Waals surface area contributed by atoms with Crippen LogP contribution in [-0.4, -0.2) is 54.1 Å². The van der Waals surface area contributed by atoms with Crippen molar-refractivity contribution >= 4 is 33.2 Å². The molecule has 1 atom stereocenters. The maximum atomic E-state index is 12.7. The van der Waals surface area contributed by atoms with Gasteiger partial charge in [-0.05, 0) is 55.0 Å². The maximum absolute atomic E-state index is 12.7. The SMILES string of the molecule is COCCCNS(=O)(=O)c1ccc(NC(=O)[C@@H]2CC(=O)N(c3ccc(OC)cc3)C2)cc1. The van der Waals surface area contributed by atoms with Gasteiger partial charge in [0.15, 0.2) is 0 Å². The van der Waals surface area contributed by atoms with E-state index in [4.69, 9.17) is 9.47 Å². The molecule has 0 spiro atoms. The normalized spacial score (nSPS) is 16.2. The maximum Gasteiger partial charge on any atom is 0.240 e. The van der Waals surface area contributed by atoms with Gasteiger partial charge in [0.1, 0.15) is 5.75 Å². The fraction of sp³-hybridized carbons (Fsp3) is 0.364. The van der Waals surface area contributed by atoms with Crippen LogP contribution < -0.4 is 19.7 Å². The lowest BCUT2D eigenvalue weighted by atomic mass is 10.1. The first-order chi connectivity index (χ1) is 15.3. The van der Waals surface area contributed by atoms with Gasteiger partial charge in [-0.2, -0.15) is 0 Å². The number of anilines is 2. The number of nitrogens with zero attached hydrogens (tertiary/aromatic N) is 1. The second kappa shape index (κ2) is 10.6. The Kier molecular flexibility index (Phi) is 7.84. The molecule has 172 valence electrons. The molecule has 3 rings (SSSR count). The van der Waals surface area contributed by atoms with Gasteiger partial charge >= 0.3 is 0 Å². The summed E-state index contributed by atoms with van der Waals surface area (Å²) in [5.41, 5.74) is 1.17. The molecule has 1 saturated heterocycles. The highest BCUT2D eigenvalue weighted by Crippen LogP contribution is 2.27. The number of benzene rings is 2. The summed E-state index contributed by atoms with van der Waals surface area (Å²) in [4.78, 5) is 26.8. The van der Waals surface area contributed by atoms with E-state index in [1.54, 1.807) is 43.4 Å². The van der Waals surface area contributed by atoms with Crippen LogP contribution in [0.25, 0.3) is 0 Å². The number of nitrogens with one attached hydrogen (secondary N) is 2. The van der Waals surface area contributed by atoms with E-state index in [0.29, 0.717) is 30.2 Å². The van der Waals surface area contributed by atoms with Crippen molar-refractivity contribution in [1.29, 1.82) is 0 Å². The number of sulfonamides is 1. The Labute approximate surface area is 187 Å². The fourth-order valence-electron chi connectivity index (χ4n) is 3.36. The minimum Gasteiger partial charge on any atom is -0.497 e. The third-order valence-electron chi connectivity index (χ3n) is 5.13. The van der Waals surface area contributed by atoms with Crippen LogP contribution in [0.2, 0.25) is 0 Å². The van der Waals surface area contributed by atoms with Crippen molar-refractivity contribution in [3.8, 4) is 5.75 Å². The zero-order chi connectivity index (χ0) is 23.1. The first-order valence-corrected chi connectivity index (χ1v) is 11.7. The highest BCUT2D eigenvalue weighted by atomic mass is 32.2. The van der Waals surface area contributed by atoms with Gasteiger partial charge in [-0.25, -0.2) is 13.1 Å². The molecule has 1 fully saturated rings. The number of rotatable bonds is 10. The molecule has 2 aromatic carbocycles. The van der Waals surface area contributed by atoms with E-state index in [9.17, 15) is 18.0 Å². The van der Waals surface area contributed by atoms with Crippen molar-refractivity contribution < 1.29 is 27.5 Å². The second-order valence-corrected chi connectivity index (χ2v) is 9.13. The molecule has 2 amide bonds. The monoisotopic (exact) mass is 461 g/mol. The van der Waals surface area contributed by atoms with Gasteiger partial charge in [0.05, 0.1) is 17.9 Å². The van der Waals surface area contributed by atoms with Crippen LogP contribution in [0.3, 0.4) is 0 Å². The Hall–Kier alpha value is -2.95. The van der Waals surface area contributed by atoms with E-state index in [1.165, 1.54) is 24.3 Å². The summed E-state index contributed by atoms with van der Waals surface area (Å²) < 4.78 is 37.1. The van der Waals surface area contributed by atoms with E-state index in [1.807, 2.05) is 0 Å². The Bertz CT molecular complexity index is 1040. The van der Waals surface area contributed by atoms with Gasteiger partial charge in [-0.3, -0.25) is 9.59 Å². The van der Waals surface area contributed by atoms with Gasteiger partial charge in [0.25, 0.3) is 0 Å². The Balaban J connectivity index is 1.58. The molecule has 0 aliphatic carbocycles. The molecule has 1 heterocycles. The lowest BCUT2D eigenvalue weighted by molar-refractivity contribution is -0.122. The standard InChI is InChI=1S/C22H27N3O6S/c1-30-13-3-12-23-32(28,29)20-10-4-17(5-11-20)24-22(27)16-14-21(26)25(15-16)18-6-8-19(31-2)9-7-18/h4-11,16,23H,3,12-15H2,1-2H3,(H,24,27)/t16-/m1/s1. The zero-order valence-corrected chi connectivity index (χ0v) is 18.9. The van der Waals surface area contributed by atoms with Gasteiger partial charge in [-0.15, -0.1) is 0 Å². The van der Waals surface area contributed by atoms with Crippen LogP contribution in [0.4, 0.5) is 11.4 Å². The summed E-state index contributed by atoms with van der Waals surface area (Å²) in [7, 11) is -0.508. The lowest BCUT2D eigenvalue weighted by Crippen LogP contribution is -2.28. The number of carbonyl (C=O) groups is 2. The van der Waals surface area contributed by atoms with Gasteiger partial charge in [0, 0.05) is 44.6 Å². The molecule has 0 aromatic heterocycles. The number of carbonyl (C=O) groups excluding carboxylic acids is 2. The summed E-state index contributed by atoms with van der Waals surface area (Å²) in [6.07, 6.45) is 0.674. The van der Waals surface area contributed by atoms with Gasteiger partial charge in [-0.1, -0.05) is 0 Å². The highest BCUT2D eigenvalue weighted by molar-refractivity contribution is 7.89. The average Bonchev–Trinajstić information content (AvgIpc) is 3.19.